The van der Waals surface area contributed by atoms with Crippen LogP contribution in [0.4, 0.5) is 0 Å². The van der Waals surface area contributed by atoms with Crippen LogP contribution in [0.1, 0.15) is 65.7 Å². The second-order valence-electron chi connectivity index (χ2n) is 8.96. The lowest BCUT2D eigenvalue weighted by Crippen LogP contribution is -2.54. The first kappa shape index (κ1) is 16.3. The van der Waals surface area contributed by atoms with Crippen molar-refractivity contribution in [3.05, 3.63) is 23.3 Å². The number of ketones is 2. The Kier molecular flexibility index (Phi) is 3.32. The molecule has 0 amide bonds. The van der Waals surface area contributed by atoms with Gasteiger partial charge in [-0.05, 0) is 63.4 Å². The fraction of sp³-hybridized carbons (Fsp3) is 0.714. The van der Waals surface area contributed by atoms with Gasteiger partial charge in [-0.3, -0.25) is 9.59 Å². The maximum absolute atomic E-state index is 12.2. The van der Waals surface area contributed by atoms with Gasteiger partial charge in [-0.15, -0.1) is 0 Å². The second kappa shape index (κ2) is 4.91. The van der Waals surface area contributed by atoms with E-state index >= 15 is 0 Å². The molecule has 4 aliphatic rings. The molecule has 3 heteroatoms. The Hall–Kier alpha value is -1.22. The van der Waals surface area contributed by atoms with Crippen molar-refractivity contribution in [1.29, 1.82) is 0 Å². The average Bonchev–Trinajstić information content (AvgIpc) is 2.81. The summed E-state index contributed by atoms with van der Waals surface area (Å²) >= 11 is 0. The zero-order chi connectivity index (χ0) is 17.3. The Morgan fingerprint density at radius 2 is 1.96 bits per heavy atom. The normalized spacial score (nSPS) is 47.2. The van der Waals surface area contributed by atoms with Crippen molar-refractivity contribution in [3.63, 3.8) is 0 Å². The van der Waals surface area contributed by atoms with Gasteiger partial charge in [0.05, 0.1) is 0 Å². The number of aliphatic hydroxyl groups is 1. The summed E-state index contributed by atoms with van der Waals surface area (Å²) in [7, 11) is 0. The molecule has 2 fully saturated rings. The summed E-state index contributed by atoms with van der Waals surface area (Å²) in [5.74, 6) is 1.03. The van der Waals surface area contributed by atoms with Gasteiger partial charge in [0, 0.05) is 17.3 Å². The van der Waals surface area contributed by atoms with E-state index in [9.17, 15) is 14.7 Å². The lowest BCUT2D eigenvalue weighted by molar-refractivity contribution is -0.150. The number of carbonyl (C=O) groups is 2. The highest BCUT2D eigenvalue weighted by molar-refractivity contribution is 5.92. The molecule has 0 heterocycles. The topological polar surface area (TPSA) is 54.4 Å². The molecule has 5 atom stereocenters. The van der Waals surface area contributed by atoms with Crippen molar-refractivity contribution in [3.8, 4) is 0 Å². The van der Waals surface area contributed by atoms with Gasteiger partial charge in [-0.2, -0.15) is 0 Å². The number of rotatable bonds is 1. The lowest BCUT2D eigenvalue weighted by atomic mass is 9.50. The maximum Gasteiger partial charge on any atom is 0.161 e. The smallest absolute Gasteiger partial charge is 0.161 e. The van der Waals surface area contributed by atoms with Gasteiger partial charge in [-0.1, -0.05) is 31.1 Å². The molecule has 0 saturated heterocycles. The van der Waals surface area contributed by atoms with Crippen LogP contribution < -0.4 is 0 Å². The van der Waals surface area contributed by atoms with Gasteiger partial charge in [0.25, 0.3) is 0 Å². The van der Waals surface area contributed by atoms with E-state index in [1.54, 1.807) is 6.92 Å². The summed E-state index contributed by atoms with van der Waals surface area (Å²) in [6, 6.07) is 0. The molecule has 2 saturated carbocycles. The van der Waals surface area contributed by atoms with Crippen molar-refractivity contribution in [1.82, 2.24) is 0 Å². The molecule has 3 nitrogen and oxygen atoms in total. The molecule has 0 aromatic heterocycles. The first-order valence-corrected chi connectivity index (χ1v) is 9.40. The van der Waals surface area contributed by atoms with Crippen molar-refractivity contribution in [2.75, 3.05) is 0 Å². The van der Waals surface area contributed by atoms with Crippen LogP contribution in [0, 0.1) is 22.7 Å². The Bertz CT molecular complexity index is 687. The second-order valence-corrected chi connectivity index (χ2v) is 8.96. The molecule has 0 bridgehead atoms. The van der Waals surface area contributed by atoms with Gasteiger partial charge < -0.3 is 5.11 Å². The highest BCUT2D eigenvalue weighted by Gasteiger charge is 2.63. The van der Waals surface area contributed by atoms with E-state index in [1.807, 2.05) is 6.08 Å². The van der Waals surface area contributed by atoms with Crippen LogP contribution in [0.15, 0.2) is 23.3 Å². The van der Waals surface area contributed by atoms with Gasteiger partial charge in [-0.25, -0.2) is 0 Å². The Balaban J connectivity index is 1.77. The fourth-order valence-electron chi connectivity index (χ4n) is 6.45. The van der Waals surface area contributed by atoms with Crippen molar-refractivity contribution >= 4 is 11.6 Å². The summed E-state index contributed by atoms with van der Waals surface area (Å²) in [5, 5.41) is 11.1. The van der Waals surface area contributed by atoms with Gasteiger partial charge in [0.1, 0.15) is 5.60 Å². The highest BCUT2D eigenvalue weighted by atomic mass is 16.3. The van der Waals surface area contributed by atoms with Crippen molar-refractivity contribution < 1.29 is 14.7 Å². The minimum Gasteiger partial charge on any atom is -0.381 e. The molecule has 0 aliphatic heterocycles. The Morgan fingerprint density at radius 1 is 1.21 bits per heavy atom. The van der Waals surface area contributed by atoms with Crippen molar-refractivity contribution in [2.45, 2.75) is 71.3 Å². The van der Waals surface area contributed by atoms with Crippen LogP contribution in [0.2, 0.25) is 0 Å². The molecule has 0 aromatic rings. The van der Waals surface area contributed by atoms with Crippen LogP contribution in [-0.4, -0.2) is 22.3 Å². The third kappa shape index (κ3) is 1.82. The first-order valence-electron chi connectivity index (χ1n) is 9.40. The summed E-state index contributed by atoms with van der Waals surface area (Å²) in [4.78, 5) is 24.0. The van der Waals surface area contributed by atoms with E-state index in [0.717, 1.165) is 32.1 Å². The van der Waals surface area contributed by atoms with E-state index in [2.05, 4.69) is 19.9 Å². The molecule has 4 rings (SSSR count). The quantitative estimate of drug-likeness (QED) is 0.746. The minimum absolute atomic E-state index is 0.0229. The predicted octanol–water partition coefficient (Wildman–Crippen LogP) is 3.76. The van der Waals surface area contributed by atoms with Crippen LogP contribution in [0.25, 0.3) is 0 Å². The van der Waals surface area contributed by atoms with Gasteiger partial charge in [0.2, 0.25) is 0 Å². The third-order valence-electron chi connectivity index (χ3n) is 8.07. The maximum atomic E-state index is 12.2. The number of carbonyl (C=O) groups excluding carboxylic acids is 2. The predicted molar refractivity (Wildman–Crippen MR) is 92.3 cm³/mol. The summed E-state index contributed by atoms with van der Waals surface area (Å²) in [5.41, 5.74) is 1.32. The van der Waals surface area contributed by atoms with Crippen LogP contribution in [0.5, 0.6) is 0 Å². The largest absolute Gasteiger partial charge is 0.381 e. The minimum atomic E-state index is -1.17. The van der Waals surface area contributed by atoms with Gasteiger partial charge >= 0.3 is 0 Å². The van der Waals surface area contributed by atoms with Crippen LogP contribution >= 0.6 is 0 Å². The molecular weight excluding hydrogens is 300 g/mol. The Labute approximate surface area is 144 Å². The van der Waals surface area contributed by atoms with Crippen LogP contribution in [0.3, 0.4) is 0 Å². The van der Waals surface area contributed by atoms with Crippen LogP contribution in [-0.2, 0) is 9.59 Å². The molecule has 0 radical (unpaired) electrons. The van der Waals surface area contributed by atoms with E-state index in [0.29, 0.717) is 24.7 Å². The summed E-state index contributed by atoms with van der Waals surface area (Å²) in [6.07, 6.45) is 10.1. The zero-order valence-electron chi connectivity index (χ0n) is 15.0. The van der Waals surface area contributed by atoms with E-state index in [-0.39, 0.29) is 22.4 Å². The standard InChI is InChI=1S/C21H28O3/c1-13(22)21(24)11-8-18-16-5-4-14-12-15(23)6-9-19(14,2)17(16)7-10-20(18,21)3/h7,12,16,18,24H,4-6,8-11H2,1-3H3/t16-,18+,19-,20+,21+/m1/s1. The number of hydrogen-bond donors (Lipinski definition) is 1. The molecule has 0 spiro atoms. The van der Waals surface area contributed by atoms with Crippen molar-refractivity contribution in [2.24, 2.45) is 22.7 Å². The number of fused-ring (bicyclic) bond motifs is 5. The Morgan fingerprint density at radius 3 is 2.67 bits per heavy atom. The summed E-state index contributed by atoms with van der Waals surface area (Å²) in [6.45, 7) is 5.97. The van der Waals surface area contributed by atoms with E-state index < -0.39 is 5.60 Å². The van der Waals surface area contributed by atoms with E-state index in [4.69, 9.17) is 0 Å². The molecule has 1 N–H and O–H groups in total. The SMILES string of the molecule is CC(=O)[C@@]1(O)CC[C@H]2[C@@H]3CCC4=CC(=O)CC[C@@]4(C)C3=CC[C@@]21C. The number of allylic oxidation sites excluding steroid dienone is 4. The average molecular weight is 328 g/mol. The van der Waals surface area contributed by atoms with E-state index in [1.165, 1.54) is 11.1 Å². The number of hydrogen-bond acceptors (Lipinski definition) is 3. The molecule has 24 heavy (non-hydrogen) atoms. The lowest BCUT2D eigenvalue weighted by Gasteiger charge is -2.54. The monoisotopic (exact) mass is 328 g/mol. The number of Topliss-reactive ketones (excluding diaryl/α,β-unsaturated/α-hetero) is 1. The first-order chi connectivity index (χ1) is 11.2. The third-order valence-corrected chi connectivity index (χ3v) is 8.07. The molecule has 0 aromatic carbocycles. The molecule has 130 valence electrons. The summed E-state index contributed by atoms with van der Waals surface area (Å²) < 4.78 is 0. The highest BCUT2D eigenvalue weighted by Crippen LogP contribution is 2.65. The molecule has 4 aliphatic carbocycles. The van der Waals surface area contributed by atoms with Gasteiger partial charge in [0.15, 0.2) is 11.6 Å². The molecular formula is C21H28O3. The zero-order valence-corrected chi connectivity index (χ0v) is 15.0. The fourth-order valence-corrected chi connectivity index (χ4v) is 6.45. The molecule has 0 unspecified atom stereocenters.